The molecule has 0 aliphatic heterocycles. The van der Waals surface area contributed by atoms with E-state index in [9.17, 15) is 4.39 Å². The second-order valence-corrected chi connectivity index (χ2v) is 3.41. The van der Waals surface area contributed by atoms with Gasteiger partial charge in [-0.05, 0) is 18.6 Å². The Bertz CT molecular complexity index is 305. The molecule has 84 valence electrons. The van der Waals surface area contributed by atoms with Crippen molar-refractivity contribution in [1.82, 2.24) is 0 Å². The highest BCUT2D eigenvalue weighted by molar-refractivity contribution is 6.17. The number of benzene rings is 1. The van der Waals surface area contributed by atoms with Crippen LogP contribution in [0, 0.1) is 12.7 Å². The zero-order valence-corrected chi connectivity index (χ0v) is 9.39. The molecule has 0 bridgehead atoms. The highest BCUT2D eigenvalue weighted by Gasteiger charge is 2.04. The van der Waals surface area contributed by atoms with Crippen molar-refractivity contribution in [2.75, 3.05) is 25.7 Å². The number of alkyl halides is 1. The highest BCUT2D eigenvalue weighted by Crippen LogP contribution is 2.19. The van der Waals surface area contributed by atoms with Gasteiger partial charge in [0.1, 0.15) is 6.61 Å². The lowest BCUT2D eigenvalue weighted by Crippen LogP contribution is -2.09. The van der Waals surface area contributed by atoms with Crippen LogP contribution in [-0.4, -0.2) is 25.7 Å². The lowest BCUT2D eigenvalue weighted by molar-refractivity contribution is 0.110. The molecule has 0 unspecified atom stereocenters. The molecule has 0 amide bonds. The summed E-state index contributed by atoms with van der Waals surface area (Å²) in [6, 6.07) is 5.06. The lowest BCUT2D eigenvalue weighted by Gasteiger charge is -2.08. The van der Waals surface area contributed by atoms with Crippen LogP contribution in [0.3, 0.4) is 0 Å². The van der Waals surface area contributed by atoms with Gasteiger partial charge in [-0.1, -0.05) is 12.1 Å². The number of hydrogen-bond acceptors (Lipinski definition) is 2. The molecule has 1 aromatic carbocycles. The average Bonchev–Trinajstić information content (AvgIpc) is 2.24. The normalized spacial score (nSPS) is 10.3. The number of ether oxygens (including phenoxy) is 2. The summed E-state index contributed by atoms with van der Waals surface area (Å²) in [6.07, 6.45) is 0. The van der Waals surface area contributed by atoms with Gasteiger partial charge in [0.15, 0.2) is 11.6 Å². The van der Waals surface area contributed by atoms with Gasteiger partial charge in [0.25, 0.3) is 0 Å². The lowest BCUT2D eigenvalue weighted by atomic mass is 10.2. The zero-order valence-electron chi connectivity index (χ0n) is 8.63. The van der Waals surface area contributed by atoms with E-state index >= 15 is 0 Å². The molecule has 15 heavy (non-hydrogen) atoms. The maximum absolute atomic E-state index is 13.4. The smallest absolute Gasteiger partial charge is 0.167 e. The van der Waals surface area contributed by atoms with Crippen LogP contribution in [0.1, 0.15) is 5.56 Å². The predicted octanol–water partition coefficient (Wildman–Crippen LogP) is 2.77. The molecule has 0 aliphatic carbocycles. The molecule has 2 nitrogen and oxygen atoms in total. The molecule has 0 heterocycles. The quantitative estimate of drug-likeness (QED) is 0.555. The molecule has 0 atom stereocenters. The molecule has 0 spiro atoms. The van der Waals surface area contributed by atoms with Gasteiger partial charge in [0.05, 0.1) is 13.2 Å². The van der Waals surface area contributed by atoms with E-state index in [4.69, 9.17) is 21.1 Å². The van der Waals surface area contributed by atoms with Crippen molar-refractivity contribution in [3.63, 3.8) is 0 Å². The van der Waals surface area contributed by atoms with E-state index in [-0.39, 0.29) is 11.6 Å². The van der Waals surface area contributed by atoms with Crippen LogP contribution in [-0.2, 0) is 4.74 Å². The summed E-state index contributed by atoms with van der Waals surface area (Å²) in [5, 5.41) is 0. The second kappa shape index (κ2) is 6.64. The van der Waals surface area contributed by atoms with Crippen LogP contribution < -0.4 is 4.74 Å². The van der Waals surface area contributed by atoms with Crippen molar-refractivity contribution in [2.24, 2.45) is 0 Å². The maximum Gasteiger partial charge on any atom is 0.167 e. The van der Waals surface area contributed by atoms with E-state index in [1.165, 1.54) is 0 Å². The van der Waals surface area contributed by atoms with Crippen molar-refractivity contribution in [1.29, 1.82) is 0 Å². The third-order valence-electron chi connectivity index (χ3n) is 1.86. The fourth-order valence-corrected chi connectivity index (χ4v) is 1.21. The van der Waals surface area contributed by atoms with Crippen LogP contribution in [0.25, 0.3) is 0 Å². The topological polar surface area (TPSA) is 18.5 Å². The number of hydrogen-bond donors (Lipinski definition) is 0. The molecule has 0 saturated heterocycles. The zero-order chi connectivity index (χ0) is 11.1. The van der Waals surface area contributed by atoms with Gasteiger partial charge in [-0.15, -0.1) is 11.6 Å². The molecule has 0 radical (unpaired) electrons. The Morgan fingerprint density at radius 2 is 2.07 bits per heavy atom. The standard InChI is InChI=1S/C11H14ClFO2/c1-9-3-2-4-10(11(9)13)15-8-7-14-6-5-12/h2-4H,5-8H2,1H3. The first-order valence-corrected chi connectivity index (χ1v) is 5.30. The first-order chi connectivity index (χ1) is 7.25. The van der Waals surface area contributed by atoms with Crippen molar-refractivity contribution < 1.29 is 13.9 Å². The highest BCUT2D eigenvalue weighted by atomic mass is 35.5. The van der Waals surface area contributed by atoms with Crippen molar-refractivity contribution >= 4 is 11.6 Å². The molecule has 0 fully saturated rings. The summed E-state index contributed by atoms with van der Waals surface area (Å²) < 4.78 is 23.7. The SMILES string of the molecule is Cc1cccc(OCCOCCCl)c1F. The molecule has 0 aromatic heterocycles. The van der Waals surface area contributed by atoms with Gasteiger partial charge in [-0.2, -0.15) is 0 Å². The van der Waals surface area contributed by atoms with E-state index < -0.39 is 0 Å². The van der Waals surface area contributed by atoms with E-state index in [2.05, 4.69) is 0 Å². The Morgan fingerprint density at radius 3 is 2.80 bits per heavy atom. The summed E-state index contributed by atoms with van der Waals surface area (Å²) in [7, 11) is 0. The molecule has 0 saturated carbocycles. The summed E-state index contributed by atoms with van der Waals surface area (Å²) in [5.41, 5.74) is 0.578. The van der Waals surface area contributed by atoms with Crippen LogP contribution in [0.2, 0.25) is 0 Å². The van der Waals surface area contributed by atoms with Gasteiger partial charge >= 0.3 is 0 Å². The van der Waals surface area contributed by atoms with Crippen LogP contribution >= 0.6 is 11.6 Å². The number of aryl methyl sites for hydroxylation is 1. The van der Waals surface area contributed by atoms with Gasteiger partial charge in [-0.3, -0.25) is 0 Å². The monoisotopic (exact) mass is 232 g/mol. The molecular weight excluding hydrogens is 219 g/mol. The van der Waals surface area contributed by atoms with Crippen LogP contribution in [0.15, 0.2) is 18.2 Å². The molecule has 0 N–H and O–H groups in total. The van der Waals surface area contributed by atoms with E-state index in [0.29, 0.717) is 31.3 Å². The van der Waals surface area contributed by atoms with E-state index in [1.807, 2.05) is 0 Å². The van der Waals surface area contributed by atoms with Gasteiger partial charge in [0, 0.05) is 5.88 Å². The number of rotatable bonds is 6. The minimum Gasteiger partial charge on any atom is -0.488 e. The van der Waals surface area contributed by atoms with E-state index in [0.717, 1.165) is 0 Å². The second-order valence-electron chi connectivity index (χ2n) is 3.04. The molecule has 1 aromatic rings. The van der Waals surface area contributed by atoms with E-state index in [1.54, 1.807) is 25.1 Å². The summed E-state index contributed by atoms with van der Waals surface area (Å²) >= 11 is 5.42. The Morgan fingerprint density at radius 1 is 1.27 bits per heavy atom. The molecule has 0 aliphatic rings. The van der Waals surface area contributed by atoms with Crippen molar-refractivity contribution in [3.05, 3.63) is 29.6 Å². The minimum atomic E-state index is -0.310. The molecular formula is C11H14ClFO2. The van der Waals surface area contributed by atoms with Gasteiger partial charge in [-0.25, -0.2) is 4.39 Å². The third-order valence-corrected chi connectivity index (χ3v) is 2.02. The first kappa shape index (κ1) is 12.3. The summed E-state index contributed by atoms with van der Waals surface area (Å²) in [5.74, 6) is 0.415. The largest absolute Gasteiger partial charge is 0.488 e. The average molecular weight is 233 g/mol. The van der Waals surface area contributed by atoms with Crippen molar-refractivity contribution in [2.45, 2.75) is 6.92 Å². The fourth-order valence-electron chi connectivity index (χ4n) is 1.10. The summed E-state index contributed by atoms with van der Waals surface area (Å²) in [6.45, 7) is 2.94. The van der Waals surface area contributed by atoms with Gasteiger partial charge in [0.2, 0.25) is 0 Å². The van der Waals surface area contributed by atoms with Crippen LogP contribution in [0.4, 0.5) is 4.39 Å². The Hall–Kier alpha value is -0.800. The predicted molar refractivity (Wildman–Crippen MR) is 58.2 cm³/mol. The Balaban J connectivity index is 2.34. The fraction of sp³-hybridized carbons (Fsp3) is 0.455. The number of halogens is 2. The molecule has 1 rings (SSSR count). The Kier molecular flexibility index (Phi) is 5.43. The van der Waals surface area contributed by atoms with Gasteiger partial charge < -0.3 is 9.47 Å². The van der Waals surface area contributed by atoms with Crippen LogP contribution in [0.5, 0.6) is 5.75 Å². The van der Waals surface area contributed by atoms with Crippen molar-refractivity contribution in [3.8, 4) is 5.75 Å². The maximum atomic E-state index is 13.4. The third kappa shape index (κ3) is 4.06. The minimum absolute atomic E-state index is 0.268. The first-order valence-electron chi connectivity index (χ1n) is 4.77. The summed E-state index contributed by atoms with van der Waals surface area (Å²) in [4.78, 5) is 0. The Labute approximate surface area is 94.0 Å². The molecule has 4 heteroatoms.